The van der Waals surface area contributed by atoms with Crippen molar-refractivity contribution in [3.05, 3.63) is 74.9 Å². The molecule has 6 nitrogen and oxygen atoms in total. The molecule has 0 bridgehead atoms. The van der Waals surface area contributed by atoms with Crippen LogP contribution in [0.2, 0.25) is 5.02 Å². The molecule has 1 fully saturated rings. The maximum atomic E-state index is 13.1. The summed E-state index contributed by atoms with van der Waals surface area (Å²) in [5.74, 6) is -0.755. The van der Waals surface area contributed by atoms with E-state index >= 15 is 0 Å². The molecule has 1 N–H and O–H groups in total. The highest BCUT2D eigenvalue weighted by molar-refractivity contribution is 7.13. The molecule has 3 aromatic rings. The highest BCUT2D eigenvalue weighted by atomic mass is 35.5. The highest BCUT2D eigenvalue weighted by Gasteiger charge is 2.33. The van der Waals surface area contributed by atoms with Crippen molar-refractivity contribution in [2.24, 2.45) is 0 Å². The number of likely N-dealkylation sites (tertiary alicyclic amines) is 1. The van der Waals surface area contributed by atoms with Crippen LogP contribution in [-0.2, 0) is 11.2 Å². The average molecular weight is 445 g/mol. The van der Waals surface area contributed by atoms with Crippen molar-refractivity contribution < 1.29 is 14.0 Å². The molecule has 1 aliphatic heterocycles. The van der Waals surface area contributed by atoms with Crippen molar-refractivity contribution >= 4 is 40.4 Å². The van der Waals surface area contributed by atoms with Gasteiger partial charge in [0, 0.05) is 17.3 Å². The van der Waals surface area contributed by atoms with Crippen LogP contribution in [0, 0.1) is 5.82 Å². The standard InChI is InChI=1S/C21H18ClFN4O2S/c22-14-3-1-4-16(12-14)24-19(29)21-26-25-20(30-21)17-5-2-10-27(17)18(28)11-13-6-8-15(23)9-7-13/h1,3-4,6-9,12,17H,2,5,10-11H2,(H,24,29). The third kappa shape index (κ3) is 4.66. The summed E-state index contributed by atoms with van der Waals surface area (Å²) in [4.78, 5) is 27.0. The van der Waals surface area contributed by atoms with Crippen LogP contribution in [0.5, 0.6) is 0 Å². The lowest BCUT2D eigenvalue weighted by molar-refractivity contribution is -0.131. The molecule has 0 aliphatic carbocycles. The van der Waals surface area contributed by atoms with Crippen LogP contribution in [-0.4, -0.2) is 33.5 Å². The van der Waals surface area contributed by atoms with Crippen molar-refractivity contribution in [1.29, 1.82) is 0 Å². The second-order valence-electron chi connectivity index (χ2n) is 6.96. The number of hydrogen-bond acceptors (Lipinski definition) is 5. The first-order valence-electron chi connectivity index (χ1n) is 9.44. The summed E-state index contributed by atoms with van der Waals surface area (Å²) in [7, 11) is 0. The molecule has 0 radical (unpaired) electrons. The van der Waals surface area contributed by atoms with Gasteiger partial charge in [-0.15, -0.1) is 10.2 Å². The molecule has 2 aromatic carbocycles. The van der Waals surface area contributed by atoms with Crippen molar-refractivity contribution in [3.8, 4) is 0 Å². The van der Waals surface area contributed by atoms with Gasteiger partial charge in [0.2, 0.25) is 10.9 Å². The first-order valence-corrected chi connectivity index (χ1v) is 10.6. The van der Waals surface area contributed by atoms with Gasteiger partial charge in [-0.3, -0.25) is 9.59 Å². The number of rotatable bonds is 5. The van der Waals surface area contributed by atoms with E-state index < -0.39 is 0 Å². The van der Waals surface area contributed by atoms with Gasteiger partial charge >= 0.3 is 0 Å². The quantitative estimate of drug-likeness (QED) is 0.629. The predicted octanol–water partition coefficient (Wildman–Crippen LogP) is 4.49. The number of benzene rings is 2. The maximum Gasteiger partial charge on any atom is 0.286 e. The fourth-order valence-corrected chi connectivity index (χ4v) is 4.49. The van der Waals surface area contributed by atoms with E-state index in [1.54, 1.807) is 41.3 Å². The molecule has 1 aliphatic rings. The molecule has 4 rings (SSSR count). The topological polar surface area (TPSA) is 75.2 Å². The lowest BCUT2D eigenvalue weighted by Crippen LogP contribution is -2.31. The van der Waals surface area contributed by atoms with Crippen LogP contribution in [0.15, 0.2) is 48.5 Å². The van der Waals surface area contributed by atoms with Crippen molar-refractivity contribution in [2.45, 2.75) is 25.3 Å². The van der Waals surface area contributed by atoms with Crippen molar-refractivity contribution in [2.75, 3.05) is 11.9 Å². The summed E-state index contributed by atoms with van der Waals surface area (Å²) in [6, 6.07) is 12.6. The molecule has 0 saturated carbocycles. The van der Waals surface area contributed by atoms with E-state index in [-0.39, 0.29) is 35.1 Å². The smallest absolute Gasteiger partial charge is 0.286 e. The van der Waals surface area contributed by atoms with Gasteiger partial charge in [0.15, 0.2) is 0 Å². The fraction of sp³-hybridized carbons (Fsp3) is 0.238. The third-order valence-electron chi connectivity index (χ3n) is 4.84. The summed E-state index contributed by atoms with van der Waals surface area (Å²) in [5.41, 5.74) is 1.33. The normalized spacial score (nSPS) is 15.9. The Kier molecular flexibility index (Phi) is 6.06. The van der Waals surface area contributed by atoms with E-state index in [0.29, 0.717) is 22.3 Å². The fourth-order valence-electron chi connectivity index (χ4n) is 3.41. The van der Waals surface area contributed by atoms with E-state index in [1.807, 2.05) is 0 Å². The number of carbonyl (C=O) groups excluding carboxylic acids is 2. The minimum atomic E-state index is -0.372. The van der Waals surface area contributed by atoms with Gasteiger partial charge < -0.3 is 10.2 Å². The third-order valence-corrected chi connectivity index (χ3v) is 6.10. The zero-order valence-electron chi connectivity index (χ0n) is 15.8. The zero-order valence-corrected chi connectivity index (χ0v) is 17.4. The molecule has 0 spiro atoms. The number of amides is 2. The Bertz CT molecular complexity index is 1070. The van der Waals surface area contributed by atoms with Crippen molar-refractivity contribution in [3.63, 3.8) is 0 Å². The van der Waals surface area contributed by atoms with E-state index in [1.165, 1.54) is 23.5 Å². The Balaban J connectivity index is 1.44. The summed E-state index contributed by atoms with van der Waals surface area (Å²) < 4.78 is 13.1. The molecule has 2 heterocycles. The Morgan fingerprint density at radius 3 is 2.77 bits per heavy atom. The molecule has 154 valence electrons. The number of hydrogen-bond donors (Lipinski definition) is 1. The van der Waals surface area contributed by atoms with Gasteiger partial charge in [0.1, 0.15) is 10.8 Å². The minimum Gasteiger partial charge on any atom is -0.333 e. The van der Waals surface area contributed by atoms with Crippen LogP contribution in [0.1, 0.15) is 39.3 Å². The molecule has 1 saturated heterocycles. The van der Waals surface area contributed by atoms with E-state index in [2.05, 4.69) is 15.5 Å². The molecule has 30 heavy (non-hydrogen) atoms. The zero-order chi connectivity index (χ0) is 21.1. The van der Waals surface area contributed by atoms with Gasteiger partial charge in [-0.1, -0.05) is 41.1 Å². The first-order chi connectivity index (χ1) is 14.5. The molecule has 9 heteroatoms. The highest BCUT2D eigenvalue weighted by Crippen LogP contribution is 2.34. The van der Waals surface area contributed by atoms with Gasteiger partial charge in [0.05, 0.1) is 12.5 Å². The Labute approximate surface area is 181 Å². The SMILES string of the molecule is O=C(Nc1cccc(Cl)c1)c1nnc(C2CCCN2C(=O)Cc2ccc(F)cc2)s1. The minimum absolute atomic E-state index is 0.0516. The Hall–Kier alpha value is -2.84. The monoisotopic (exact) mass is 444 g/mol. The molecule has 1 aromatic heterocycles. The van der Waals surface area contributed by atoms with Crippen LogP contribution >= 0.6 is 22.9 Å². The summed E-state index contributed by atoms with van der Waals surface area (Å²) >= 11 is 7.12. The maximum absolute atomic E-state index is 13.1. The summed E-state index contributed by atoms with van der Waals surface area (Å²) in [6.45, 7) is 0.619. The molecular weight excluding hydrogens is 427 g/mol. The van der Waals surface area contributed by atoms with Crippen LogP contribution in [0.3, 0.4) is 0 Å². The lowest BCUT2D eigenvalue weighted by atomic mass is 10.1. The Morgan fingerprint density at radius 2 is 2.00 bits per heavy atom. The number of halogens is 2. The average Bonchev–Trinajstić information content (AvgIpc) is 3.39. The van der Waals surface area contributed by atoms with Crippen LogP contribution in [0.25, 0.3) is 0 Å². The number of carbonyl (C=O) groups is 2. The Morgan fingerprint density at radius 1 is 1.20 bits per heavy atom. The summed E-state index contributed by atoms with van der Waals surface area (Å²) in [5, 5.41) is 12.3. The van der Waals surface area contributed by atoms with Gasteiger partial charge in [-0.05, 0) is 48.7 Å². The van der Waals surface area contributed by atoms with Crippen LogP contribution in [0.4, 0.5) is 10.1 Å². The van der Waals surface area contributed by atoms with E-state index in [4.69, 9.17) is 11.6 Å². The molecular formula is C21H18ClFN4O2S. The van der Waals surface area contributed by atoms with Gasteiger partial charge in [-0.25, -0.2) is 4.39 Å². The van der Waals surface area contributed by atoms with Gasteiger partial charge in [0.25, 0.3) is 5.91 Å². The number of nitrogens with zero attached hydrogens (tertiary/aromatic N) is 3. The van der Waals surface area contributed by atoms with E-state index in [0.717, 1.165) is 18.4 Å². The number of nitrogens with one attached hydrogen (secondary N) is 1. The van der Waals surface area contributed by atoms with Crippen LogP contribution < -0.4 is 5.32 Å². The van der Waals surface area contributed by atoms with Gasteiger partial charge in [-0.2, -0.15) is 0 Å². The molecule has 1 unspecified atom stereocenters. The lowest BCUT2D eigenvalue weighted by Gasteiger charge is -2.22. The second-order valence-corrected chi connectivity index (χ2v) is 8.40. The summed E-state index contributed by atoms with van der Waals surface area (Å²) in [6.07, 6.45) is 1.81. The first kappa shape index (κ1) is 20.4. The molecule has 2 amide bonds. The molecule has 1 atom stereocenters. The van der Waals surface area contributed by atoms with E-state index in [9.17, 15) is 14.0 Å². The predicted molar refractivity (Wildman–Crippen MR) is 113 cm³/mol. The second kappa shape index (κ2) is 8.89. The number of aromatic nitrogens is 2. The number of anilines is 1. The largest absolute Gasteiger partial charge is 0.333 e. The van der Waals surface area contributed by atoms with Crippen molar-refractivity contribution in [1.82, 2.24) is 15.1 Å².